The van der Waals surface area contributed by atoms with Gasteiger partial charge in [0.15, 0.2) is 5.96 Å². The van der Waals surface area contributed by atoms with Crippen LogP contribution in [0, 0.1) is 6.92 Å². The third-order valence-electron chi connectivity index (χ3n) is 3.99. The number of nitrogens with zero attached hydrogens (tertiary/aromatic N) is 2. The Bertz CT molecular complexity index is 685. The summed E-state index contributed by atoms with van der Waals surface area (Å²) in [6.45, 7) is 5.96. The van der Waals surface area contributed by atoms with Crippen molar-refractivity contribution in [2.75, 3.05) is 27.2 Å². The first-order valence-electron chi connectivity index (χ1n) is 8.68. The number of halogens is 1. The molecule has 0 radical (unpaired) electrons. The highest BCUT2D eigenvalue weighted by Crippen LogP contribution is 2.17. The van der Waals surface area contributed by atoms with Crippen LogP contribution in [0.4, 0.5) is 0 Å². The molecule has 0 saturated heterocycles. The summed E-state index contributed by atoms with van der Waals surface area (Å²) in [5.74, 6) is 1.72. The molecule has 144 valence electrons. The van der Waals surface area contributed by atoms with Crippen molar-refractivity contribution in [2.45, 2.75) is 33.1 Å². The molecule has 0 spiro atoms. The minimum atomic E-state index is 0. The third kappa shape index (κ3) is 7.11. The molecule has 1 heterocycles. The molecule has 5 nitrogen and oxygen atoms in total. The van der Waals surface area contributed by atoms with Crippen LogP contribution < -0.4 is 15.4 Å². The standard InChI is InChI=1S/C19H28N4OS.HI/c1-5-17-14(2)25-18(23-17)11-13-22-19(20-3)21-12-10-15-6-8-16(24-4)9-7-15;/h6-9H,5,10-13H2,1-4H3,(H2,20,21,22);1H. The summed E-state index contributed by atoms with van der Waals surface area (Å²) in [5.41, 5.74) is 2.50. The fourth-order valence-electron chi connectivity index (χ4n) is 2.55. The van der Waals surface area contributed by atoms with Gasteiger partial charge in [0, 0.05) is 31.4 Å². The highest BCUT2D eigenvalue weighted by Gasteiger charge is 2.06. The molecule has 0 saturated carbocycles. The van der Waals surface area contributed by atoms with Gasteiger partial charge in [-0.05, 0) is 37.5 Å². The van der Waals surface area contributed by atoms with Gasteiger partial charge in [0.25, 0.3) is 0 Å². The van der Waals surface area contributed by atoms with E-state index in [0.717, 1.165) is 44.1 Å². The number of ether oxygens (including phenoxy) is 1. The Morgan fingerprint density at radius 3 is 2.35 bits per heavy atom. The number of hydrogen-bond acceptors (Lipinski definition) is 4. The number of aromatic nitrogens is 1. The van der Waals surface area contributed by atoms with Crippen LogP contribution in [0.1, 0.15) is 28.1 Å². The maximum absolute atomic E-state index is 5.18. The lowest BCUT2D eigenvalue weighted by Crippen LogP contribution is -2.39. The van der Waals surface area contributed by atoms with Crippen molar-refractivity contribution in [2.24, 2.45) is 4.99 Å². The molecule has 0 aliphatic carbocycles. The molecule has 2 N–H and O–H groups in total. The fraction of sp³-hybridized carbons (Fsp3) is 0.474. The minimum Gasteiger partial charge on any atom is -0.497 e. The lowest BCUT2D eigenvalue weighted by molar-refractivity contribution is 0.414. The number of benzene rings is 1. The highest BCUT2D eigenvalue weighted by atomic mass is 127. The first kappa shape index (κ1) is 22.7. The Morgan fingerprint density at radius 1 is 1.15 bits per heavy atom. The van der Waals surface area contributed by atoms with Crippen molar-refractivity contribution < 1.29 is 4.74 Å². The van der Waals surface area contributed by atoms with Crippen molar-refractivity contribution in [3.8, 4) is 5.75 Å². The minimum absolute atomic E-state index is 0. The molecule has 0 aliphatic heterocycles. The smallest absolute Gasteiger partial charge is 0.191 e. The second-order valence-electron chi connectivity index (χ2n) is 5.74. The monoisotopic (exact) mass is 488 g/mol. The maximum Gasteiger partial charge on any atom is 0.191 e. The van der Waals surface area contributed by atoms with Crippen molar-refractivity contribution in [1.82, 2.24) is 15.6 Å². The molecular formula is C19H29IN4OS. The largest absolute Gasteiger partial charge is 0.497 e. The zero-order valence-corrected chi connectivity index (χ0v) is 19.1. The van der Waals surface area contributed by atoms with Gasteiger partial charge in [0.05, 0.1) is 17.8 Å². The van der Waals surface area contributed by atoms with Gasteiger partial charge in [-0.25, -0.2) is 4.98 Å². The Labute approximate surface area is 177 Å². The van der Waals surface area contributed by atoms with E-state index in [1.54, 1.807) is 25.5 Å². The first-order chi connectivity index (χ1) is 12.2. The Kier molecular flexibility index (Phi) is 10.6. The molecule has 0 fully saturated rings. The van der Waals surface area contributed by atoms with Crippen molar-refractivity contribution in [3.63, 3.8) is 0 Å². The summed E-state index contributed by atoms with van der Waals surface area (Å²) in [7, 11) is 3.48. The van der Waals surface area contributed by atoms with E-state index in [4.69, 9.17) is 4.74 Å². The van der Waals surface area contributed by atoms with Gasteiger partial charge in [-0.2, -0.15) is 0 Å². The number of thiazole rings is 1. The number of rotatable bonds is 8. The summed E-state index contributed by atoms with van der Waals surface area (Å²) in [5, 5.41) is 7.90. The number of guanidine groups is 1. The number of aliphatic imine (C=N–C) groups is 1. The van der Waals surface area contributed by atoms with Crippen LogP contribution in [0.3, 0.4) is 0 Å². The van der Waals surface area contributed by atoms with Crippen LogP contribution in [-0.4, -0.2) is 38.2 Å². The van der Waals surface area contributed by atoms with Crippen molar-refractivity contribution in [3.05, 3.63) is 45.4 Å². The van der Waals surface area contributed by atoms with Crippen LogP contribution in [0.2, 0.25) is 0 Å². The zero-order valence-electron chi connectivity index (χ0n) is 16.0. The summed E-state index contributed by atoms with van der Waals surface area (Å²) in [6.07, 6.45) is 2.87. The van der Waals surface area contributed by atoms with E-state index in [2.05, 4.69) is 46.6 Å². The summed E-state index contributed by atoms with van der Waals surface area (Å²) >= 11 is 1.79. The Morgan fingerprint density at radius 2 is 1.81 bits per heavy atom. The van der Waals surface area contributed by atoms with Gasteiger partial charge in [-0.3, -0.25) is 4.99 Å². The lowest BCUT2D eigenvalue weighted by Gasteiger charge is -2.11. The molecule has 2 rings (SSSR count). The highest BCUT2D eigenvalue weighted by molar-refractivity contribution is 14.0. The summed E-state index contributed by atoms with van der Waals surface area (Å²) in [4.78, 5) is 10.3. The van der Waals surface area contributed by atoms with E-state index in [-0.39, 0.29) is 24.0 Å². The van der Waals surface area contributed by atoms with Crippen LogP contribution >= 0.6 is 35.3 Å². The number of hydrogen-bond donors (Lipinski definition) is 2. The molecule has 1 aromatic carbocycles. The molecule has 0 unspecified atom stereocenters. The molecule has 0 aliphatic rings. The molecule has 0 bridgehead atoms. The number of aryl methyl sites for hydroxylation is 2. The van der Waals surface area contributed by atoms with Crippen LogP contribution in [-0.2, 0) is 19.3 Å². The van der Waals surface area contributed by atoms with E-state index in [1.165, 1.54) is 21.1 Å². The van der Waals surface area contributed by atoms with Gasteiger partial charge in [-0.15, -0.1) is 35.3 Å². The molecule has 0 atom stereocenters. The normalized spacial score (nSPS) is 11.0. The molecule has 26 heavy (non-hydrogen) atoms. The van der Waals surface area contributed by atoms with Gasteiger partial charge in [0.1, 0.15) is 5.75 Å². The molecule has 7 heteroatoms. The zero-order chi connectivity index (χ0) is 18.1. The molecule has 0 amide bonds. The van der Waals surface area contributed by atoms with E-state index >= 15 is 0 Å². The second-order valence-corrected chi connectivity index (χ2v) is 7.03. The van der Waals surface area contributed by atoms with Gasteiger partial charge in [0.2, 0.25) is 0 Å². The van der Waals surface area contributed by atoms with Crippen LogP contribution in [0.5, 0.6) is 5.75 Å². The second kappa shape index (κ2) is 12.1. The average molecular weight is 488 g/mol. The van der Waals surface area contributed by atoms with Gasteiger partial charge < -0.3 is 15.4 Å². The molecule has 2 aromatic rings. The SMILES string of the molecule is CCc1nc(CCNC(=NC)NCCc2ccc(OC)cc2)sc1C.I. The maximum atomic E-state index is 5.18. The first-order valence-corrected chi connectivity index (χ1v) is 9.50. The summed E-state index contributed by atoms with van der Waals surface area (Å²) < 4.78 is 5.18. The predicted octanol–water partition coefficient (Wildman–Crippen LogP) is 3.59. The van der Waals surface area contributed by atoms with Gasteiger partial charge in [-0.1, -0.05) is 19.1 Å². The predicted molar refractivity (Wildman–Crippen MR) is 121 cm³/mol. The van der Waals surface area contributed by atoms with Crippen LogP contribution in [0.15, 0.2) is 29.3 Å². The quantitative estimate of drug-likeness (QED) is 0.339. The third-order valence-corrected chi connectivity index (χ3v) is 5.06. The summed E-state index contributed by atoms with van der Waals surface area (Å²) in [6, 6.07) is 8.16. The Hall–Kier alpha value is -1.35. The number of methoxy groups -OCH3 is 1. The number of nitrogens with one attached hydrogen (secondary N) is 2. The van der Waals surface area contributed by atoms with E-state index in [1.807, 2.05) is 12.1 Å². The van der Waals surface area contributed by atoms with E-state index in [0.29, 0.717) is 0 Å². The average Bonchev–Trinajstić information content (AvgIpc) is 3.00. The van der Waals surface area contributed by atoms with Crippen LogP contribution in [0.25, 0.3) is 0 Å². The molecular weight excluding hydrogens is 459 g/mol. The van der Waals surface area contributed by atoms with E-state index in [9.17, 15) is 0 Å². The van der Waals surface area contributed by atoms with Crippen molar-refractivity contribution in [1.29, 1.82) is 0 Å². The topological polar surface area (TPSA) is 58.5 Å². The fourth-order valence-corrected chi connectivity index (χ4v) is 3.57. The Balaban J connectivity index is 0.00000338. The molecule has 1 aromatic heterocycles. The van der Waals surface area contributed by atoms with Crippen molar-refractivity contribution >= 4 is 41.3 Å². The lowest BCUT2D eigenvalue weighted by atomic mass is 10.1. The van der Waals surface area contributed by atoms with Gasteiger partial charge >= 0.3 is 0 Å². The van der Waals surface area contributed by atoms with E-state index < -0.39 is 0 Å².